The molecule has 2 heterocycles. The summed E-state index contributed by atoms with van der Waals surface area (Å²) in [6.45, 7) is 0.354. The second-order valence-electron chi connectivity index (χ2n) is 7.26. The summed E-state index contributed by atoms with van der Waals surface area (Å²) < 4.78 is 9.33. The lowest BCUT2D eigenvalue weighted by molar-refractivity contribution is 0.302. The highest BCUT2D eigenvalue weighted by Crippen LogP contribution is 2.26. The number of pyridine rings is 2. The average Bonchev–Trinajstić information content (AvgIpc) is 2.87. The molecule has 6 nitrogen and oxygen atoms in total. The molecule has 3 N–H and O–H groups in total. The van der Waals surface area contributed by atoms with Gasteiger partial charge >= 0.3 is 0 Å². The number of allylic oxidation sites excluding steroid dienone is 1. The summed E-state index contributed by atoms with van der Waals surface area (Å²) in [6.07, 6.45) is 7.28. The molecule has 0 aliphatic heterocycles. The maximum atomic E-state index is 8.69. The Kier molecular flexibility index (Phi) is 7.22. The molecule has 0 amide bonds. The number of hydrogen-bond donors (Lipinski definition) is 3. The van der Waals surface area contributed by atoms with E-state index in [1.54, 1.807) is 24.3 Å². The first-order valence-electron chi connectivity index (χ1n) is 10.5. The average molecular weight is 456 g/mol. The van der Waals surface area contributed by atoms with Gasteiger partial charge in [-0.3, -0.25) is 10.4 Å². The first-order valence-corrected chi connectivity index (χ1v) is 11.7. The minimum absolute atomic E-state index is 0.354. The molecule has 0 unspecified atom stereocenters. The Morgan fingerprint density at radius 1 is 1.03 bits per heavy atom. The summed E-state index contributed by atoms with van der Waals surface area (Å²) in [7, 11) is 1.83. The van der Waals surface area contributed by atoms with Crippen LogP contribution in [-0.4, -0.2) is 29.0 Å². The number of aromatic nitrogens is 2. The van der Waals surface area contributed by atoms with Gasteiger partial charge in [0.2, 0.25) is 0 Å². The third-order valence-corrected chi connectivity index (χ3v) is 5.48. The number of para-hydroxylation sites is 1. The summed E-state index contributed by atoms with van der Waals surface area (Å²) in [5.74, 6) is 0.726. The van der Waals surface area contributed by atoms with Gasteiger partial charge in [-0.1, -0.05) is 30.1 Å². The predicted octanol–water partition coefficient (Wildman–Crippen LogP) is 5.53. The van der Waals surface area contributed by atoms with Crippen LogP contribution >= 0.6 is 11.9 Å². The topological polar surface area (TPSA) is 82.9 Å². The summed E-state index contributed by atoms with van der Waals surface area (Å²) in [5.41, 5.74) is 5.75. The smallest absolute Gasteiger partial charge is 0.130 e. The molecule has 7 heteroatoms. The second-order valence-corrected chi connectivity index (χ2v) is 7.87. The molecule has 0 aliphatic rings. The van der Waals surface area contributed by atoms with Crippen molar-refractivity contribution >= 4 is 39.8 Å². The van der Waals surface area contributed by atoms with Crippen LogP contribution in [0, 0.1) is 5.41 Å². The van der Waals surface area contributed by atoms with Crippen LogP contribution in [0.3, 0.4) is 0 Å². The number of anilines is 1. The first kappa shape index (κ1) is 22.4. The summed E-state index contributed by atoms with van der Waals surface area (Å²) >= 11 is 1.55. The lowest BCUT2D eigenvalue weighted by Gasteiger charge is -2.12. The van der Waals surface area contributed by atoms with E-state index in [0.717, 1.165) is 44.7 Å². The molecule has 0 fully saturated rings. The third-order valence-electron chi connectivity index (χ3n) is 5.06. The highest BCUT2D eigenvalue weighted by Gasteiger charge is 2.11. The lowest BCUT2D eigenvalue weighted by Crippen LogP contribution is -2.07. The van der Waals surface area contributed by atoms with E-state index in [9.17, 15) is 0 Å². The lowest BCUT2D eigenvalue weighted by atomic mass is 9.97. The zero-order chi connectivity index (χ0) is 23.0. The van der Waals surface area contributed by atoms with Crippen LogP contribution in [0.5, 0.6) is 5.75 Å². The van der Waals surface area contributed by atoms with Crippen LogP contribution in [-0.2, 0) is 6.61 Å². The standard InChI is InChI=1S/C26H25N5OS/c1-28-16-23(18-11-13-29-14-12-18)26(27)19-7-9-21(10-8-19)32-17-20-15-25(31-33-2)22-5-3-4-6-24(22)30-20/h3-16,27-28H,17H2,1-2H3,(H,30,31)/b23-16-,27-26?. The van der Waals surface area contributed by atoms with Crippen molar-refractivity contribution in [3.05, 3.63) is 102 Å². The maximum Gasteiger partial charge on any atom is 0.130 e. The number of nitrogens with zero attached hydrogens (tertiary/aromatic N) is 2. The molecule has 4 rings (SSSR count). The van der Waals surface area contributed by atoms with Crippen LogP contribution in [0.2, 0.25) is 0 Å². The molecule has 0 aliphatic carbocycles. The zero-order valence-electron chi connectivity index (χ0n) is 18.5. The largest absolute Gasteiger partial charge is 0.487 e. The van der Waals surface area contributed by atoms with E-state index < -0.39 is 0 Å². The van der Waals surface area contributed by atoms with Crippen LogP contribution in [0.1, 0.15) is 16.8 Å². The van der Waals surface area contributed by atoms with Crippen molar-refractivity contribution < 1.29 is 4.74 Å². The van der Waals surface area contributed by atoms with E-state index in [2.05, 4.69) is 21.1 Å². The molecule has 0 saturated carbocycles. The van der Waals surface area contributed by atoms with Gasteiger partial charge in [0, 0.05) is 48.4 Å². The number of benzene rings is 2. The molecule has 0 radical (unpaired) electrons. The van der Waals surface area contributed by atoms with Gasteiger partial charge in [-0.25, -0.2) is 4.98 Å². The van der Waals surface area contributed by atoms with Gasteiger partial charge in [-0.2, -0.15) is 0 Å². The van der Waals surface area contributed by atoms with Gasteiger partial charge in [-0.15, -0.1) is 0 Å². The Morgan fingerprint density at radius 3 is 2.52 bits per heavy atom. The molecule has 0 saturated heterocycles. The Morgan fingerprint density at radius 2 is 1.79 bits per heavy atom. The van der Waals surface area contributed by atoms with E-state index in [1.165, 1.54) is 0 Å². The van der Waals surface area contributed by atoms with Crippen LogP contribution < -0.4 is 14.8 Å². The van der Waals surface area contributed by atoms with Gasteiger partial charge in [0.05, 0.1) is 22.6 Å². The van der Waals surface area contributed by atoms with Crippen LogP contribution in [0.15, 0.2) is 85.3 Å². The Labute approximate surface area is 197 Å². The number of nitrogens with one attached hydrogen (secondary N) is 3. The van der Waals surface area contributed by atoms with Gasteiger partial charge in [0.15, 0.2) is 0 Å². The normalized spacial score (nSPS) is 11.3. The minimum Gasteiger partial charge on any atom is -0.487 e. The van der Waals surface area contributed by atoms with Crippen LogP contribution in [0.4, 0.5) is 5.69 Å². The fourth-order valence-corrected chi connectivity index (χ4v) is 3.89. The van der Waals surface area contributed by atoms with Crippen LogP contribution in [0.25, 0.3) is 16.5 Å². The molecule has 33 heavy (non-hydrogen) atoms. The SMILES string of the molecule is CN/C=C(\C(=N)c1ccc(OCc2cc(NSC)c3ccccc3n2)cc1)c1ccncc1. The van der Waals surface area contributed by atoms with Crippen molar-refractivity contribution in [2.45, 2.75) is 6.61 Å². The van der Waals surface area contributed by atoms with Crippen molar-refractivity contribution in [2.75, 3.05) is 18.0 Å². The van der Waals surface area contributed by atoms with Gasteiger partial charge in [0.1, 0.15) is 12.4 Å². The van der Waals surface area contributed by atoms with Gasteiger partial charge in [0.25, 0.3) is 0 Å². The van der Waals surface area contributed by atoms with Crippen molar-refractivity contribution in [1.82, 2.24) is 15.3 Å². The number of rotatable bonds is 9. The third kappa shape index (κ3) is 5.32. The summed E-state index contributed by atoms with van der Waals surface area (Å²) in [5, 5.41) is 12.8. The zero-order valence-corrected chi connectivity index (χ0v) is 19.3. The Hall–Kier alpha value is -3.84. The van der Waals surface area contributed by atoms with Gasteiger partial charge < -0.3 is 14.8 Å². The second kappa shape index (κ2) is 10.7. The van der Waals surface area contributed by atoms with E-state index in [0.29, 0.717) is 12.3 Å². The quantitative estimate of drug-likeness (QED) is 0.227. The van der Waals surface area contributed by atoms with Crippen molar-refractivity contribution in [2.24, 2.45) is 0 Å². The fourth-order valence-electron chi connectivity index (χ4n) is 3.50. The van der Waals surface area contributed by atoms with Gasteiger partial charge in [-0.05, 0) is 54.1 Å². The number of fused-ring (bicyclic) bond motifs is 1. The highest BCUT2D eigenvalue weighted by atomic mass is 32.2. The molecule has 2 aromatic heterocycles. The van der Waals surface area contributed by atoms with E-state index in [-0.39, 0.29) is 0 Å². The number of hydrogen-bond acceptors (Lipinski definition) is 7. The monoisotopic (exact) mass is 455 g/mol. The molecule has 0 atom stereocenters. The maximum absolute atomic E-state index is 8.69. The molecule has 166 valence electrons. The molecule has 0 bridgehead atoms. The molecular weight excluding hydrogens is 430 g/mol. The molecule has 0 spiro atoms. The number of ether oxygens (including phenoxy) is 1. The van der Waals surface area contributed by atoms with Crippen molar-refractivity contribution in [1.29, 1.82) is 5.41 Å². The summed E-state index contributed by atoms with van der Waals surface area (Å²) in [6, 6.07) is 21.4. The predicted molar refractivity (Wildman–Crippen MR) is 138 cm³/mol. The van der Waals surface area contributed by atoms with Crippen molar-refractivity contribution in [3.8, 4) is 5.75 Å². The Bertz CT molecular complexity index is 1270. The van der Waals surface area contributed by atoms with E-state index >= 15 is 0 Å². The summed E-state index contributed by atoms with van der Waals surface area (Å²) in [4.78, 5) is 8.79. The van der Waals surface area contributed by atoms with Crippen molar-refractivity contribution in [3.63, 3.8) is 0 Å². The highest BCUT2D eigenvalue weighted by molar-refractivity contribution is 7.99. The van der Waals surface area contributed by atoms with E-state index in [4.69, 9.17) is 15.1 Å². The first-order chi connectivity index (χ1) is 16.2. The fraction of sp³-hybridized carbons (Fsp3) is 0.115. The molecule has 4 aromatic rings. The molecule has 2 aromatic carbocycles. The Balaban J connectivity index is 1.49. The van der Waals surface area contributed by atoms with E-state index in [1.807, 2.05) is 80.2 Å². The molecular formula is C26H25N5OS. The minimum atomic E-state index is 0.354.